The van der Waals surface area contributed by atoms with Crippen LogP contribution in [0.1, 0.15) is 44.9 Å². The highest BCUT2D eigenvalue weighted by molar-refractivity contribution is 5.88. The van der Waals surface area contributed by atoms with Crippen LogP contribution in [0.2, 0.25) is 0 Å². The summed E-state index contributed by atoms with van der Waals surface area (Å²) < 4.78 is 37.3. The first-order chi connectivity index (χ1) is 17.1. The van der Waals surface area contributed by atoms with E-state index in [2.05, 4.69) is 17.0 Å². The number of hydrogen-bond donors (Lipinski definition) is 1. The maximum absolute atomic E-state index is 13.4. The van der Waals surface area contributed by atoms with E-state index in [-0.39, 0.29) is 13.0 Å². The second-order valence-corrected chi connectivity index (χ2v) is 8.74. The third-order valence-corrected chi connectivity index (χ3v) is 5.30. The molecule has 2 aromatic carbocycles. The van der Waals surface area contributed by atoms with Crippen LogP contribution in [0.15, 0.2) is 79.1 Å². The van der Waals surface area contributed by atoms with Gasteiger partial charge in [0, 0.05) is 18.2 Å². The summed E-state index contributed by atoms with van der Waals surface area (Å²) in [7, 11) is 0. The second kappa shape index (κ2) is 11.6. The maximum Gasteiger partial charge on any atom is 0.408 e. The van der Waals surface area contributed by atoms with Gasteiger partial charge in [0.25, 0.3) is 0 Å². The summed E-state index contributed by atoms with van der Waals surface area (Å²) in [5.41, 5.74) is 1.32. The second-order valence-electron chi connectivity index (χ2n) is 8.74. The van der Waals surface area contributed by atoms with E-state index < -0.39 is 30.3 Å². The van der Waals surface area contributed by atoms with E-state index in [4.69, 9.17) is 9.47 Å². The zero-order valence-corrected chi connectivity index (χ0v) is 20.4. The minimum absolute atomic E-state index is 0.0160. The lowest BCUT2D eigenvalue weighted by Crippen LogP contribution is -2.53. The lowest BCUT2D eigenvalue weighted by molar-refractivity contribution is -0.156. The van der Waals surface area contributed by atoms with Crippen LogP contribution in [-0.4, -0.2) is 27.9 Å². The number of halogens is 2. The summed E-state index contributed by atoms with van der Waals surface area (Å²) in [5, 5.41) is 6.38. The fraction of sp³-hybridized carbons (Fsp3) is 0.296. The smallest absolute Gasteiger partial charge is 0.408 e. The lowest BCUT2D eigenvalue weighted by Gasteiger charge is -2.33. The number of benzene rings is 2. The molecule has 1 atom stereocenters. The van der Waals surface area contributed by atoms with Gasteiger partial charge in [-0.2, -0.15) is 13.9 Å². The number of nitrogens with zero attached hydrogens (tertiary/aromatic N) is 2. The van der Waals surface area contributed by atoms with E-state index in [1.54, 1.807) is 45.0 Å². The van der Waals surface area contributed by atoms with Gasteiger partial charge >= 0.3 is 18.6 Å². The lowest BCUT2D eigenvalue weighted by atomic mass is 9.83. The van der Waals surface area contributed by atoms with Crippen molar-refractivity contribution in [3.63, 3.8) is 0 Å². The van der Waals surface area contributed by atoms with E-state index in [0.29, 0.717) is 26.9 Å². The van der Waals surface area contributed by atoms with Crippen molar-refractivity contribution in [2.24, 2.45) is 0 Å². The molecule has 1 unspecified atom stereocenters. The molecule has 9 heteroatoms. The van der Waals surface area contributed by atoms with Gasteiger partial charge in [-0.05, 0) is 37.5 Å². The molecule has 190 valence electrons. The van der Waals surface area contributed by atoms with E-state index >= 15 is 0 Å². The Labute approximate surface area is 208 Å². The van der Waals surface area contributed by atoms with Crippen LogP contribution >= 0.6 is 0 Å². The fourth-order valence-corrected chi connectivity index (χ4v) is 3.70. The molecular formula is C27H29F2N3O4. The standard InChI is InChI=1S/C27H29F2N3O4/c1-18(2)14-27(24(33)36-19(3)4,31-26(34)35-17-20-8-6-5-7-9-20)23-12-10-21(11-13-23)22-15-30-32(16-22)25(28)29/h5-13,15-16,19,25H,1,14,17H2,2-4H3,(H,31,34). The highest BCUT2D eigenvalue weighted by Gasteiger charge is 2.44. The normalized spacial score (nSPS) is 12.8. The number of carbonyl (C=O) groups excluding carboxylic acids is 2. The van der Waals surface area contributed by atoms with Crippen molar-refractivity contribution in [2.45, 2.75) is 52.0 Å². The van der Waals surface area contributed by atoms with Gasteiger partial charge in [-0.15, -0.1) is 6.58 Å². The predicted molar refractivity (Wildman–Crippen MR) is 131 cm³/mol. The Kier molecular flexibility index (Phi) is 8.58. The van der Waals surface area contributed by atoms with Crippen molar-refractivity contribution < 1.29 is 27.8 Å². The monoisotopic (exact) mass is 497 g/mol. The number of alkyl halides is 2. The SMILES string of the molecule is C=C(C)CC(NC(=O)OCc1ccccc1)(C(=O)OC(C)C)c1ccc(-c2cnn(C(F)F)c2)cc1. The highest BCUT2D eigenvalue weighted by atomic mass is 19.3. The molecule has 1 N–H and O–H groups in total. The van der Waals surface area contributed by atoms with Crippen LogP contribution in [0.3, 0.4) is 0 Å². The number of ether oxygens (including phenoxy) is 2. The number of amides is 1. The van der Waals surface area contributed by atoms with Gasteiger partial charge in [0.15, 0.2) is 5.54 Å². The van der Waals surface area contributed by atoms with E-state index in [0.717, 1.165) is 5.56 Å². The van der Waals surface area contributed by atoms with Gasteiger partial charge in [0.1, 0.15) is 6.61 Å². The molecule has 0 radical (unpaired) electrons. The molecular weight excluding hydrogens is 468 g/mol. The molecule has 0 spiro atoms. The zero-order valence-electron chi connectivity index (χ0n) is 20.4. The van der Waals surface area contributed by atoms with E-state index in [1.165, 1.54) is 12.4 Å². The number of esters is 1. The minimum atomic E-state index is -2.75. The molecule has 36 heavy (non-hydrogen) atoms. The van der Waals surface area contributed by atoms with Crippen LogP contribution in [0.5, 0.6) is 0 Å². The number of hydrogen-bond acceptors (Lipinski definition) is 5. The van der Waals surface area contributed by atoms with Gasteiger partial charge < -0.3 is 14.8 Å². The largest absolute Gasteiger partial charge is 0.461 e. The van der Waals surface area contributed by atoms with Crippen LogP contribution in [0, 0.1) is 0 Å². The Bertz CT molecular complexity index is 1190. The van der Waals surface area contributed by atoms with E-state index in [1.807, 2.05) is 30.3 Å². The first-order valence-corrected chi connectivity index (χ1v) is 11.4. The molecule has 3 rings (SSSR count). The van der Waals surface area contributed by atoms with Gasteiger partial charge in [-0.25, -0.2) is 14.3 Å². The quantitative estimate of drug-likeness (QED) is 0.275. The summed E-state index contributed by atoms with van der Waals surface area (Å²) in [6.07, 6.45) is 1.37. The number of carbonyl (C=O) groups is 2. The summed E-state index contributed by atoms with van der Waals surface area (Å²) in [5.74, 6) is -0.671. The molecule has 1 heterocycles. The topological polar surface area (TPSA) is 82.4 Å². The molecule has 1 aromatic heterocycles. The first-order valence-electron chi connectivity index (χ1n) is 11.4. The number of alkyl carbamates (subject to hydrolysis) is 1. The van der Waals surface area contributed by atoms with Crippen molar-refractivity contribution in [3.8, 4) is 11.1 Å². The van der Waals surface area contributed by atoms with Gasteiger partial charge in [-0.3, -0.25) is 0 Å². The zero-order chi connectivity index (χ0) is 26.3. The molecule has 7 nitrogen and oxygen atoms in total. The van der Waals surface area contributed by atoms with Crippen molar-refractivity contribution in [1.29, 1.82) is 0 Å². The number of nitrogens with one attached hydrogen (secondary N) is 1. The van der Waals surface area contributed by atoms with Crippen molar-refractivity contribution in [1.82, 2.24) is 15.1 Å². The average molecular weight is 498 g/mol. The molecule has 0 aliphatic heterocycles. The van der Waals surface area contributed by atoms with Gasteiger partial charge in [-0.1, -0.05) is 60.2 Å². The Morgan fingerprint density at radius 3 is 2.31 bits per heavy atom. The van der Waals surface area contributed by atoms with Gasteiger partial charge in [0.2, 0.25) is 0 Å². The van der Waals surface area contributed by atoms with Crippen molar-refractivity contribution in [3.05, 3.63) is 90.3 Å². The van der Waals surface area contributed by atoms with Crippen molar-refractivity contribution in [2.75, 3.05) is 0 Å². The van der Waals surface area contributed by atoms with Gasteiger partial charge in [0.05, 0.1) is 12.3 Å². The Morgan fingerprint density at radius 1 is 1.08 bits per heavy atom. The maximum atomic E-state index is 13.4. The molecule has 3 aromatic rings. The van der Waals surface area contributed by atoms with Crippen LogP contribution in [-0.2, 0) is 26.4 Å². The Balaban J connectivity index is 1.94. The van der Waals surface area contributed by atoms with Crippen molar-refractivity contribution >= 4 is 12.1 Å². The summed E-state index contributed by atoms with van der Waals surface area (Å²) in [4.78, 5) is 26.3. The van der Waals surface area contributed by atoms with Crippen LogP contribution in [0.4, 0.5) is 13.6 Å². The first kappa shape index (κ1) is 26.6. The molecule has 0 saturated heterocycles. The Hall–Kier alpha value is -4.01. The molecule has 0 bridgehead atoms. The highest BCUT2D eigenvalue weighted by Crippen LogP contribution is 2.33. The van der Waals surface area contributed by atoms with Crippen LogP contribution in [0.25, 0.3) is 11.1 Å². The minimum Gasteiger partial charge on any atom is -0.461 e. The molecule has 0 fully saturated rings. The predicted octanol–water partition coefficient (Wildman–Crippen LogP) is 5.98. The number of rotatable bonds is 10. The molecule has 0 aliphatic carbocycles. The molecule has 1 amide bonds. The summed E-state index contributed by atoms with van der Waals surface area (Å²) in [6.45, 7) is 6.35. The Morgan fingerprint density at radius 2 is 1.75 bits per heavy atom. The van der Waals surface area contributed by atoms with E-state index in [9.17, 15) is 18.4 Å². The fourth-order valence-electron chi connectivity index (χ4n) is 3.70. The molecule has 0 aliphatic rings. The average Bonchev–Trinajstić information content (AvgIpc) is 3.33. The third kappa shape index (κ3) is 6.56. The van der Waals surface area contributed by atoms with Crippen LogP contribution < -0.4 is 5.32 Å². The molecule has 0 saturated carbocycles. The number of aromatic nitrogens is 2. The third-order valence-electron chi connectivity index (χ3n) is 5.30. The summed E-state index contributed by atoms with van der Waals surface area (Å²) in [6, 6.07) is 15.7. The summed E-state index contributed by atoms with van der Waals surface area (Å²) >= 11 is 0.